The van der Waals surface area contributed by atoms with Crippen LogP contribution >= 0.6 is 11.3 Å². The summed E-state index contributed by atoms with van der Waals surface area (Å²) in [6.45, 7) is 0.290. The summed E-state index contributed by atoms with van der Waals surface area (Å²) in [5.41, 5.74) is 4.52. The van der Waals surface area contributed by atoms with Crippen LogP contribution in [-0.4, -0.2) is 26.5 Å². The van der Waals surface area contributed by atoms with Gasteiger partial charge < -0.3 is 9.88 Å². The number of rotatable bonds is 4. The molecule has 2 aliphatic rings. The quantitative estimate of drug-likeness (QED) is 0.701. The maximum atomic E-state index is 12.9. The molecule has 146 valence electrons. The van der Waals surface area contributed by atoms with E-state index < -0.39 is 0 Å². The Labute approximate surface area is 169 Å². The Kier molecular flexibility index (Phi) is 4.89. The number of carbonyl (C=O) groups excluding carboxylic acids is 1. The zero-order valence-corrected chi connectivity index (χ0v) is 16.8. The van der Waals surface area contributed by atoms with E-state index in [0.29, 0.717) is 6.04 Å². The molecule has 5 nitrogen and oxygen atoms in total. The standard InChI is InChI=1S/C22H26N4OS/c27-21(24-17-10-9-15-5-1-2-6-16(15)11-17)12-26-20-8-4-3-7-18(20)25-22(26)19-13-28-14-23-19/h3-4,7-8,13-17H,1-2,5-6,9-12H2,(H,24,27)/t15-,16-,17+/m0/s1. The van der Waals surface area contributed by atoms with Crippen LogP contribution in [0.25, 0.3) is 22.6 Å². The van der Waals surface area contributed by atoms with Gasteiger partial charge in [0, 0.05) is 11.4 Å². The number of hydrogen-bond donors (Lipinski definition) is 1. The molecule has 1 aromatic carbocycles. The lowest BCUT2D eigenvalue weighted by atomic mass is 9.69. The summed E-state index contributed by atoms with van der Waals surface area (Å²) in [5, 5.41) is 5.31. The number of amides is 1. The summed E-state index contributed by atoms with van der Waals surface area (Å²) < 4.78 is 2.01. The zero-order valence-electron chi connectivity index (χ0n) is 16.0. The second kappa shape index (κ2) is 7.66. The van der Waals surface area contributed by atoms with Crippen LogP contribution in [0.15, 0.2) is 35.2 Å². The number of benzene rings is 1. The van der Waals surface area contributed by atoms with Crippen LogP contribution < -0.4 is 5.32 Å². The van der Waals surface area contributed by atoms with Gasteiger partial charge in [0.1, 0.15) is 12.2 Å². The maximum Gasteiger partial charge on any atom is 0.240 e. The highest BCUT2D eigenvalue weighted by atomic mass is 32.1. The van der Waals surface area contributed by atoms with Crippen molar-refractivity contribution in [3.8, 4) is 11.5 Å². The third kappa shape index (κ3) is 3.46. The summed E-state index contributed by atoms with van der Waals surface area (Å²) in [5.74, 6) is 2.57. The highest BCUT2D eigenvalue weighted by Gasteiger charge is 2.32. The van der Waals surface area contributed by atoms with Crippen LogP contribution in [0.5, 0.6) is 0 Å². The second-order valence-corrected chi connectivity index (χ2v) is 8.98. The molecule has 2 aliphatic carbocycles. The summed E-state index contributed by atoms with van der Waals surface area (Å²) >= 11 is 1.55. The van der Waals surface area contributed by atoms with Gasteiger partial charge in [0.05, 0.1) is 16.5 Å². The Bertz CT molecular complexity index is 964. The molecule has 28 heavy (non-hydrogen) atoms. The van der Waals surface area contributed by atoms with Gasteiger partial charge in [-0.25, -0.2) is 9.97 Å². The Hall–Kier alpha value is -2.21. The fraction of sp³-hybridized carbons (Fsp3) is 0.500. The molecule has 1 amide bonds. The number of hydrogen-bond acceptors (Lipinski definition) is 4. The number of fused-ring (bicyclic) bond motifs is 2. The lowest BCUT2D eigenvalue weighted by Crippen LogP contribution is -2.42. The molecule has 5 rings (SSSR count). The van der Waals surface area contributed by atoms with Crippen molar-refractivity contribution in [3.63, 3.8) is 0 Å². The first-order valence-corrected chi connectivity index (χ1v) is 11.4. The minimum Gasteiger partial charge on any atom is -0.352 e. The number of nitrogens with zero attached hydrogens (tertiary/aromatic N) is 3. The average molecular weight is 395 g/mol. The van der Waals surface area contributed by atoms with Gasteiger partial charge in [-0.3, -0.25) is 4.79 Å². The smallest absolute Gasteiger partial charge is 0.240 e. The van der Waals surface area contributed by atoms with Crippen LogP contribution in [0.1, 0.15) is 44.9 Å². The molecule has 3 aromatic rings. The SMILES string of the molecule is O=C(Cn1c(-c2cscn2)nc2ccccc21)N[C@@H]1CC[C@@H]2CCCC[C@H]2C1. The predicted octanol–water partition coefficient (Wildman–Crippen LogP) is 4.63. The predicted molar refractivity (Wildman–Crippen MR) is 112 cm³/mol. The minimum absolute atomic E-state index is 0.0823. The van der Waals surface area contributed by atoms with Gasteiger partial charge in [-0.05, 0) is 43.2 Å². The monoisotopic (exact) mass is 394 g/mol. The van der Waals surface area contributed by atoms with E-state index in [0.717, 1.165) is 47.2 Å². The van der Waals surface area contributed by atoms with Gasteiger partial charge in [0.2, 0.25) is 5.91 Å². The molecule has 2 heterocycles. The number of nitrogens with one attached hydrogen (secondary N) is 1. The Morgan fingerprint density at radius 1 is 1.14 bits per heavy atom. The molecule has 6 heteroatoms. The molecule has 2 aromatic heterocycles. The fourth-order valence-electron chi connectivity index (χ4n) is 5.18. The first-order chi connectivity index (χ1) is 13.8. The van der Waals surface area contributed by atoms with Crippen LogP contribution in [-0.2, 0) is 11.3 Å². The molecule has 2 saturated carbocycles. The van der Waals surface area contributed by atoms with E-state index in [9.17, 15) is 4.79 Å². The summed E-state index contributed by atoms with van der Waals surface area (Å²) in [4.78, 5) is 22.1. The van der Waals surface area contributed by atoms with E-state index in [4.69, 9.17) is 4.98 Å². The molecule has 3 atom stereocenters. The summed E-state index contributed by atoms with van der Waals surface area (Å²) in [6, 6.07) is 8.31. The number of carbonyl (C=O) groups is 1. The Morgan fingerprint density at radius 3 is 2.86 bits per heavy atom. The van der Waals surface area contributed by atoms with Gasteiger partial charge in [-0.1, -0.05) is 37.8 Å². The van der Waals surface area contributed by atoms with Crippen LogP contribution in [0.3, 0.4) is 0 Å². The molecule has 1 N–H and O–H groups in total. The number of thiazole rings is 1. The third-order valence-corrected chi connectivity index (χ3v) is 7.11. The average Bonchev–Trinajstić information content (AvgIpc) is 3.36. The van der Waals surface area contributed by atoms with E-state index in [-0.39, 0.29) is 12.5 Å². The number of para-hydroxylation sites is 2. The van der Waals surface area contributed by atoms with Crippen LogP contribution in [0.4, 0.5) is 0 Å². The van der Waals surface area contributed by atoms with E-state index in [1.165, 1.54) is 32.1 Å². The molecule has 0 unspecified atom stereocenters. The lowest BCUT2D eigenvalue weighted by Gasteiger charge is -2.39. The van der Waals surface area contributed by atoms with Gasteiger partial charge in [0.25, 0.3) is 0 Å². The summed E-state index contributed by atoms with van der Waals surface area (Å²) in [6.07, 6.45) is 9.04. The topological polar surface area (TPSA) is 59.8 Å². The minimum atomic E-state index is 0.0823. The van der Waals surface area contributed by atoms with Crippen molar-refractivity contribution in [1.29, 1.82) is 0 Å². The van der Waals surface area contributed by atoms with Crippen LogP contribution in [0.2, 0.25) is 0 Å². The maximum absolute atomic E-state index is 12.9. The lowest BCUT2D eigenvalue weighted by molar-refractivity contribution is -0.122. The highest BCUT2D eigenvalue weighted by Crippen LogP contribution is 2.40. The number of imidazole rings is 1. The van der Waals surface area contributed by atoms with Crippen molar-refractivity contribution in [3.05, 3.63) is 35.2 Å². The molecule has 0 aliphatic heterocycles. The number of aromatic nitrogens is 3. The van der Waals surface area contributed by atoms with Crippen molar-refractivity contribution < 1.29 is 4.79 Å². The zero-order chi connectivity index (χ0) is 18.9. The summed E-state index contributed by atoms with van der Waals surface area (Å²) in [7, 11) is 0. The molecular formula is C22H26N4OS. The van der Waals surface area contributed by atoms with Crippen molar-refractivity contribution in [2.24, 2.45) is 11.8 Å². The highest BCUT2D eigenvalue weighted by molar-refractivity contribution is 7.07. The fourth-order valence-corrected chi connectivity index (χ4v) is 5.71. The largest absolute Gasteiger partial charge is 0.352 e. The van der Waals surface area contributed by atoms with Crippen LogP contribution in [0, 0.1) is 11.8 Å². The van der Waals surface area contributed by atoms with E-state index in [1.54, 1.807) is 11.3 Å². The van der Waals surface area contributed by atoms with Crippen molar-refractivity contribution in [2.75, 3.05) is 0 Å². The van der Waals surface area contributed by atoms with E-state index in [2.05, 4.69) is 10.3 Å². The Morgan fingerprint density at radius 2 is 2.00 bits per heavy atom. The molecule has 0 bridgehead atoms. The Balaban J connectivity index is 1.34. The van der Waals surface area contributed by atoms with Gasteiger partial charge in [0.15, 0.2) is 5.82 Å². The van der Waals surface area contributed by atoms with E-state index >= 15 is 0 Å². The van der Waals surface area contributed by atoms with E-state index in [1.807, 2.05) is 39.7 Å². The first-order valence-electron chi connectivity index (χ1n) is 10.4. The van der Waals surface area contributed by atoms with Crippen molar-refractivity contribution in [1.82, 2.24) is 19.9 Å². The molecular weight excluding hydrogens is 368 g/mol. The third-order valence-electron chi connectivity index (χ3n) is 6.52. The van der Waals surface area contributed by atoms with Gasteiger partial charge in [-0.2, -0.15) is 0 Å². The molecule has 0 spiro atoms. The van der Waals surface area contributed by atoms with Crippen molar-refractivity contribution in [2.45, 2.75) is 57.5 Å². The normalized spacial score (nSPS) is 24.8. The van der Waals surface area contributed by atoms with Gasteiger partial charge >= 0.3 is 0 Å². The second-order valence-electron chi connectivity index (χ2n) is 8.27. The molecule has 0 saturated heterocycles. The molecule has 0 radical (unpaired) electrons. The first kappa shape index (κ1) is 17.9. The molecule has 2 fully saturated rings. The van der Waals surface area contributed by atoms with Crippen molar-refractivity contribution >= 4 is 28.3 Å². The van der Waals surface area contributed by atoms with Gasteiger partial charge in [-0.15, -0.1) is 11.3 Å².